The number of thiocyanates is 1. The van der Waals surface area contributed by atoms with E-state index < -0.39 is 0 Å². The van der Waals surface area contributed by atoms with Crippen molar-refractivity contribution in [3.63, 3.8) is 0 Å². The van der Waals surface area contributed by atoms with Crippen molar-refractivity contribution in [2.45, 2.75) is 17.7 Å². The fraction of sp³-hybridized carbons (Fsp3) is 0.333. The Morgan fingerprint density at radius 1 is 1.28 bits per heavy atom. The van der Waals surface area contributed by atoms with E-state index in [2.05, 4.69) is 0 Å². The zero-order valence-corrected chi connectivity index (χ0v) is 11.8. The molecule has 0 aromatic heterocycles. The smallest absolute Gasteiger partial charge is 0.253 e. The van der Waals surface area contributed by atoms with Crippen molar-refractivity contribution >= 4 is 40.9 Å². The molecule has 1 amide bonds. The lowest BCUT2D eigenvalue weighted by Crippen LogP contribution is -2.27. The molecular weight excluding hydrogens is 291 g/mol. The summed E-state index contributed by atoms with van der Waals surface area (Å²) < 4.78 is 0. The first kappa shape index (κ1) is 13.5. The molecule has 0 bridgehead atoms. The van der Waals surface area contributed by atoms with E-state index in [-0.39, 0.29) is 5.91 Å². The van der Waals surface area contributed by atoms with Gasteiger partial charge in [0.2, 0.25) is 0 Å². The fourth-order valence-electron chi connectivity index (χ4n) is 1.93. The van der Waals surface area contributed by atoms with Gasteiger partial charge in [-0.05, 0) is 36.7 Å². The molecule has 0 saturated carbocycles. The number of halogens is 2. The maximum atomic E-state index is 12.2. The van der Waals surface area contributed by atoms with E-state index in [0.29, 0.717) is 20.5 Å². The first-order chi connectivity index (χ1) is 8.63. The molecule has 1 aliphatic rings. The van der Waals surface area contributed by atoms with Crippen LogP contribution in [0, 0.1) is 10.7 Å². The molecule has 0 radical (unpaired) electrons. The van der Waals surface area contributed by atoms with E-state index in [1.165, 1.54) is 0 Å². The third-order valence-electron chi connectivity index (χ3n) is 2.79. The Morgan fingerprint density at radius 2 is 1.83 bits per heavy atom. The first-order valence-electron chi connectivity index (χ1n) is 5.47. The average molecular weight is 301 g/mol. The van der Waals surface area contributed by atoms with Crippen molar-refractivity contribution in [1.82, 2.24) is 4.90 Å². The summed E-state index contributed by atoms with van der Waals surface area (Å²) in [5, 5.41) is 11.3. The standard InChI is InChI=1S/C12H10Cl2N2OS/c13-9-5-8(6-10(14)11(9)18-7-15)12(17)16-3-1-2-4-16/h5-6H,1-4H2. The number of hydrogen-bond donors (Lipinski definition) is 0. The summed E-state index contributed by atoms with van der Waals surface area (Å²) in [7, 11) is 0. The van der Waals surface area contributed by atoms with E-state index in [9.17, 15) is 4.79 Å². The predicted octanol–water partition coefficient (Wildman–Crippen LogP) is 3.80. The molecule has 1 heterocycles. The van der Waals surface area contributed by atoms with Crippen LogP contribution in [0.3, 0.4) is 0 Å². The van der Waals surface area contributed by atoms with Crippen molar-refractivity contribution in [2.75, 3.05) is 13.1 Å². The van der Waals surface area contributed by atoms with Crippen LogP contribution in [0.2, 0.25) is 10.0 Å². The molecule has 6 heteroatoms. The minimum absolute atomic E-state index is 0.0511. The first-order valence-corrected chi connectivity index (χ1v) is 7.05. The molecule has 1 aromatic rings. The highest BCUT2D eigenvalue weighted by Gasteiger charge is 2.21. The number of nitriles is 1. The van der Waals surface area contributed by atoms with Crippen LogP contribution in [0.15, 0.2) is 17.0 Å². The molecule has 1 aromatic carbocycles. The second kappa shape index (κ2) is 5.83. The predicted molar refractivity (Wildman–Crippen MR) is 73.1 cm³/mol. The fourth-order valence-corrected chi connectivity index (χ4v) is 3.05. The number of carbonyl (C=O) groups excluding carboxylic acids is 1. The minimum atomic E-state index is -0.0511. The van der Waals surface area contributed by atoms with E-state index in [0.717, 1.165) is 37.7 Å². The van der Waals surface area contributed by atoms with Crippen molar-refractivity contribution < 1.29 is 4.79 Å². The SMILES string of the molecule is N#CSc1c(Cl)cc(C(=O)N2CCCC2)cc1Cl. The third kappa shape index (κ3) is 2.74. The number of carbonyl (C=O) groups is 1. The summed E-state index contributed by atoms with van der Waals surface area (Å²) in [6.07, 6.45) is 2.07. The summed E-state index contributed by atoms with van der Waals surface area (Å²) in [4.78, 5) is 14.4. The number of amides is 1. The number of nitrogens with zero attached hydrogens (tertiary/aromatic N) is 2. The lowest BCUT2D eigenvalue weighted by Gasteiger charge is -2.16. The normalized spacial score (nSPS) is 14.6. The quantitative estimate of drug-likeness (QED) is 0.616. The highest BCUT2D eigenvalue weighted by Crippen LogP contribution is 2.35. The van der Waals surface area contributed by atoms with Gasteiger partial charge in [-0.15, -0.1) is 0 Å². The van der Waals surface area contributed by atoms with Crippen LogP contribution in [0.25, 0.3) is 0 Å². The topological polar surface area (TPSA) is 44.1 Å². The minimum Gasteiger partial charge on any atom is -0.339 e. The van der Waals surface area contributed by atoms with Crippen LogP contribution in [-0.4, -0.2) is 23.9 Å². The Bertz CT molecular complexity index is 498. The van der Waals surface area contributed by atoms with Crippen molar-refractivity contribution in [3.8, 4) is 5.40 Å². The molecule has 0 spiro atoms. The van der Waals surface area contributed by atoms with Gasteiger partial charge < -0.3 is 4.90 Å². The maximum absolute atomic E-state index is 12.2. The van der Waals surface area contributed by atoms with Crippen LogP contribution in [-0.2, 0) is 0 Å². The van der Waals surface area contributed by atoms with Gasteiger partial charge in [-0.25, -0.2) is 0 Å². The molecule has 18 heavy (non-hydrogen) atoms. The van der Waals surface area contributed by atoms with Crippen LogP contribution < -0.4 is 0 Å². The molecule has 0 atom stereocenters. The summed E-state index contributed by atoms with van der Waals surface area (Å²) in [6, 6.07) is 3.15. The van der Waals surface area contributed by atoms with Gasteiger partial charge in [-0.1, -0.05) is 23.2 Å². The van der Waals surface area contributed by atoms with E-state index in [1.807, 2.05) is 5.40 Å². The second-order valence-corrected chi connectivity index (χ2v) is 5.57. The molecule has 1 fully saturated rings. The Balaban J connectivity index is 2.30. The van der Waals surface area contributed by atoms with Gasteiger partial charge >= 0.3 is 0 Å². The zero-order chi connectivity index (χ0) is 13.1. The summed E-state index contributed by atoms with van der Waals surface area (Å²) in [5.74, 6) is -0.0511. The molecule has 94 valence electrons. The van der Waals surface area contributed by atoms with Gasteiger partial charge in [0.1, 0.15) is 5.40 Å². The Labute approximate surface area is 120 Å². The van der Waals surface area contributed by atoms with Crippen molar-refractivity contribution in [2.24, 2.45) is 0 Å². The molecule has 0 N–H and O–H groups in total. The monoisotopic (exact) mass is 300 g/mol. The van der Waals surface area contributed by atoms with Gasteiger partial charge in [0.05, 0.1) is 14.9 Å². The molecule has 1 aliphatic heterocycles. The van der Waals surface area contributed by atoms with Gasteiger partial charge in [0.15, 0.2) is 0 Å². The summed E-state index contributed by atoms with van der Waals surface area (Å²) >= 11 is 13.0. The highest BCUT2D eigenvalue weighted by molar-refractivity contribution is 8.04. The molecular formula is C12H10Cl2N2OS. The van der Waals surface area contributed by atoms with E-state index in [4.69, 9.17) is 28.5 Å². The molecule has 3 nitrogen and oxygen atoms in total. The number of benzene rings is 1. The molecule has 1 saturated heterocycles. The van der Waals surface area contributed by atoms with E-state index >= 15 is 0 Å². The zero-order valence-electron chi connectivity index (χ0n) is 9.45. The number of hydrogen-bond acceptors (Lipinski definition) is 3. The molecule has 2 rings (SSSR count). The van der Waals surface area contributed by atoms with Gasteiger partial charge in [-0.3, -0.25) is 4.79 Å². The number of rotatable bonds is 2. The van der Waals surface area contributed by atoms with E-state index in [1.54, 1.807) is 17.0 Å². The molecule has 0 aliphatic carbocycles. The second-order valence-electron chi connectivity index (χ2n) is 3.96. The highest BCUT2D eigenvalue weighted by atomic mass is 35.5. The van der Waals surface area contributed by atoms with Crippen LogP contribution in [0.1, 0.15) is 23.2 Å². The Kier molecular flexibility index (Phi) is 4.39. The Hall–Kier alpha value is -0.890. The summed E-state index contributed by atoms with van der Waals surface area (Å²) in [6.45, 7) is 1.56. The number of thioether (sulfide) groups is 1. The van der Waals surface area contributed by atoms with Crippen molar-refractivity contribution in [3.05, 3.63) is 27.7 Å². The maximum Gasteiger partial charge on any atom is 0.253 e. The molecule has 0 unspecified atom stereocenters. The lowest BCUT2D eigenvalue weighted by atomic mass is 10.2. The lowest BCUT2D eigenvalue weighted by molar-refractivity contribution is 0.0793. The Morgan fingerprint density at radius 3 is 2.33 bits per heavy atom. The van der Waals surface area contributed by atoms with Gasteiger partial charge in [0, 0.05) is 18.7 Å². The largest absolute Gasteiger partial charge is 0.339 e. The van der Waals surface area contributed by atoms with Gasteiger partial charge in [0.25, 0.3) is 5.91 Å². The third-order valence-corrected chi connectivity index (χ3v) is 4.34. The number of likely N-dealkylation sites (tertiary alicyclic amines) is 1. The van der Waals surface area contributed by atoms with Crippen LogP contribution >= 0.6 is 35.0 Å². The van der Waals surface area contributed by atoms with Crippen LogP contribution in [0.5, 0.6) is 0 Å². The van der Waals surface area contributed by atoms with Crippen molar-refractivity contribution in [1.29, 1.82) is 5.26 Å². The van der Waals surface area contributed by atoms with Crippen LogP contribution in [0.4, 0.5) is 0 Å². The summed E-state index contributed by atoms with van der Waals surface area (Å²) in [5.41, 5.74) is 0.481. The average Bonchev–Trinajstić information content (AvgIpc) is 2.86. The van der Waals surface area contributed by atoms with Gasteiger partial charge in [-0.2, -0.15) is 5.26 Å².